The average Bonchev–Trinajstić information content (AvgIpc) is 2.68. The summed E-state index contributed by atoms with van der Waals surface area (Å²) in [6.45, 7) is 2.93. The highest BCUT2D eigenvalue weighted by Crippen LogP contribution is 2.12. The second-order valence-corrected chi connectivity index (χ2v) is 5.76. The fourth-order valence-corrected chi connectivity index (χ4v) is 2.22. The lowest BCUT2D eigenvalue weighted by atomic mass is 10.2. The van der Waals surface area contributed by atoms with E-state index in [9.17, 15) is 14.0 Å². The molecular formula is C20H23FN2O4. The third-order valence-electron chi connectivity index (χ3n) is 3.76. The molecule has 6 nitrogen and oxygen atoms in total. The molecule has 2 aromatic rings. The first-order valence-electron chi connectivity index (χ1n) is 8.63. The van der Waals surface area contributed by atoms with Gasteiger partial charge in [0.2, 0.25) is 5.91 Å². The second-order valence-electron chi connectivity index (χ2n) is 5.76. The van der Waals surface area contributed by atoms with Crippen molar-refractivity contribution in [2.75, 3.05) is 33.4 Å². The van der Waals surface area contributed by atoms with E-state index in [1.807, 2.05) is 6.92 Å². The topological polar surface area (TPSA) is 67.9 Å². The lowest BCUT2D eigenvalue weighted by molar-refractivity contribution is -0.129. The number of nitrogens with zero attached hydrogens (tertiary/aromatic N) is 1. The minimum atomic E-state index is -0.335. The summed E-state index contributed by atoms with van der Waals surface area (Å²) >= 11 is 0. The minimum absolute atomic E-state index is 0.112. The van der Waals surface area contributed by atoms with Gasteiger partial charge in [0.1, 0.15) is 23.9 Å². The maximum absolute atomic E-state index is 12.8. The second kappa shape index (κ2) is 10.2. The number of hydrogen-bond donors (Lipinski definition) is 1. The molecule has 7 heteroatoms. The molecule has 0 spiro atoms. The lowest BCUT2D eigenvalue weighted by Gasteiger charge is -2.18. The first kappa shape index (κ1) is 20.2. The Balaban J connectivity index is 1.71. The third kappa shape index (κ3) is 6.62. The highest BCUT2D eigenvalue weighted by molar-refractivity contribution is 5.96. The number of hydrogen-bond acceptors (Lipinski definition) is 4. The molecule has 27 heavy (non-hydrogen) atoms. The zero-order valence-electron chi connectivity index (χ0n) is 15.4. The van der Waals surface area contributed by atoms with Crippen LogP contribution < -0.4 is 14.8 Å². The number of carbonyl (C=O) groups excluding carboxylic acids is 2. The molecule has 0 saturated carbocycles. The maximum atomic E-state index is 12.8. The van der Waals surface area contributed by atoms with Crippen LogP contribution in [0.25, 0.3) is 0 Å². The van der Waals surface area contributed by atoms with Crippen molar-refractivity contribution in [2.45, 2.75) is 6.92 Å². The summed E-state index contributed by atoms with van der Waals surface area (Å²) in [4.78, 5) is 25.6. The number of rotatable bonds is 9. The van der Waals surface area contributed by atoms with Gasteiger partial charge in [-0.2, -0.15) is 0 Å². The molecule has 0 bridgehead atoms. The van der Waals surface area contributed by atoms with E-state index in [0.29, 0.717) is 30.2 Å². The number of ether oxygens (including phenoxy) is 2. The first-order chi connectivity index (χ1) is 13.0. The van der Waals surface area contributed by atoms with Crippen LogP contribution >= 0.6 is 0 Å². The molecule has 0 aliphatic carbocycles. The Morgan fingerprint density at radius 2 is 1.59 bits per heavy atom. The largest absolute Gasteiger partial charge is 0.494 e. The summed E-state index contributed by atoms with van der Waals surface area (Å²) in [5, 5.41) is 2.59. The predicted molar refractivity (Wildman–Crippen MR) is 99.5 cm³/mol. The predicted octanol–water partition coefficient (Wildman–Crippen LogP) is 2.49. The van der Waals surface area contributed by atoms with Gasteiger partial charge >= 0.3 is 0 Å². The van der Waals surface area contributed by atoms with E-state index in [0.717, 1.165) is 0 Å². The van der Waals surface area contributed by atoms with Crippen molar-refractivity contribution in [1.29, 1.82) is 0 Å². The summed E-state index contributed by atoms with van der Waals surface area (Å²) < 4.78 is 23.6. The van der Waals surface area contributed by atoms with Gasteiger partial charge < -0.3 is 19.7 Å². The normalized spacial score (nSPS) is 10.2. The van der Waals surface area contributed by atoms with E-state index < -0.39 is 0 Å². The van der Waals surface area contributed by atoms with E-state index in [1.54, 1.807) is 31.3 Å². The highest BCUT2D eigenvalue weighted by Gasteiger charge is 2.12. The van der Waals surface area contributed by atoms with Crippen molar-refractivity contribution in [3.8, 4) is 11.5 Å². The molecule has 0 aliphatic heterocycles. The molecule has 0 radical (unpaired) electrons. The van der Waals surface area contributed by atoms with Gasteiger partial charge in [-0.1, -0.05) is 0 Å². The zero-order chi connectivity index (χ0) is 19.6. The molecule has 144 valence electrons. The Labute approximate surface area is 157 Å². The SMILES string of the molecule is CCOc1ccc(C(=O)NCC(=O)N(C)CCOc2ccc(F)cc2)cc1. The van der Waals surface area contributed by atoms with Crippen LogP contribution in [0.5, 0.6) is 11.5 Å². The lowest BCUT2D eigenvalue weighted by Crippen LogP contribution is -2.39. The Kier molecular flexibility index (Phi) is 7.61. The molecule has 0 heterocycles. The fraction of sp³-hybridized carbons (Fsp3) is 0.300. The quantitative estimate of drug-likeness (QED) is 0.732. The maximum Gasteiger partial charge on any atom is 0.251 e. The van der Waals surface area contributed by atoms with E-state index in [2.05, 4.69) is 5.32 Å². The Morgan fingerprint density at radius 3 is 2.22 bits per heavy atom. The molecule has 1 N–H and O–H groups in total. The monoisotopic (exact) mass is 374 g/mol. The summed E-state index contributed by atoms with van der Waals surface area (Å²) in [5.41, 5.74) is 0.452. The van der Waals surface area contributed by atoms with Gasteiger partial charge in [0, 0.05) is 12.6 Å². The van der Waals surface area contributed by atoms with Gasteiger partial charge in [-0.05, 0) is 55.5 Å². The highest BCUT2D eigenvalue weighted by atomic mass is 19.1. The number of likely N-dealkylation sites (N-methyl/N-ethyl adjacent to an activating group) is 1. The standard InChI is InChI=1S/C20H23FN2O4/c1-3-26-17-8-4-15(5-9-17)20(25)22-14-19(24)23(2)12-13-27-18-10-6-16(21)7-11-18/h4-11H,3,12-14H2,1-2H3,(H,22,25). The van der Waals surface area contributed by atoms with Crippen LogP contribution in [0.4, 0.5) is 4.39 Å². The molecule has 0 fully saturated rings. The van der Waals surface area contributed by atoms with Crippen LogP contribution in [0.1, 0.15) is 17.3 Å². The Morgan fingerprint density at radius 1 is 1.00 bits per heavy atom. The van der Waals surface area contributed by atoms with Gasteiger partial charge in [-0.15, -0.1) is 0 Å². The molecule has 2 aromatic carbocycles. The van der Waals surface area contributed by atoms with Gasteiger partial charge in [-0.25, -0.2) is 4.39 Å². The summed E-state index contributed by atoms with van der Waals surface area (Å²) in [5.74, 6) is 0.310. The summed E-state index contributed by atoms with van der Waals surface area (Å²) in [7, 11) is 1.62. The smallest absolute Gasteiger partial charge is 0.251 e. The van der Waals surface area contributed by atoms with Crippen molar-refractivity contribution in [1.82, 2.24) is 10.2 Å². The number of amides is 2. The zero-order valence-corrected chi connectivity index (χ0v) is 15.4. The van der Waals surface area contributed by atoms with Crippen molar-refractivity contribution < 1.29 is 23.5 Å². The van der Waals surface area contributed by atoms with Gasteiger partial charge in [0.25, 0.3) is 5.91 Å². The van der Waals surface area contributed by atoms with Crippen LogP contribution in [0.3, 0.4) is 0 Å². The van der Waals surface area contributed by atoms with E-state index in [4.69, 9.17) is 9.47 Å². The van der Waals surface area contributed by atoms with Crippen LogP contribution in [0.2, 0.25) is 0 Å². The molecule has 0 unspecified atom stereocenters. The molecule has 0 aliphatic rings. The Hall–Kier alpha value is -3.09. The van der Waals surface area contributed by atoms with Gasteiger partial charge in [0.05, 0.1) is 19.7 Å². The summed E-state index contributed by atoms with van der Waals surface area (Å²) in [6, 6.07) is 12.4. The van der Waals surface area contributed by atoms with Crippen LogP contribution in [0.15, 0.2) is 48.5 Å². The number of halogens is 1. The van der Waals surface area contributed by atoms with E-state index >= 15 is 0 Å². The molecule has 2 rings (SSSR count). The van der Waals surface area contributed by atoms with E-state index in [-0.39, 0.29) is 30.8 Å². The van der Waals surface area contributed by atoms with Crippen LogP contribution in [-0.2, 0) is 4.79 Å². The molecule has 0 atom stereocenters. The molecule has 0 aromatic heterocycles. The molecule has 2 amide bonds. The van der Waals surface area contributed by atoms with Crippen molar-refractivity contribution in [2.24, 2.45) is 0 Å². The Bertz CT molecular complexity index is 748. The van der Waals surface area contributed by atoms with E-state index in [1.165, 1.54) is 29.2 Å². The number of nitrogens with one attached hydrogen (secondary N) is 1. The van der Waals surface area contributed by atoms with Gasteiger partial charge in [-0.3, -0.25) is 9.59 Å². The first-order valence-corrected chi connectivity index (χ1v) is 8.63. The minimum Gasteiger partial charge on any atom is -0.494 e. The fourth-order valence-electron chi connectivity index (χ4n) is 2.22. The van der Waals surface area contributed by atoms with Crippen molar-refractivity contribution in [3.05, 3.63) is 59.9 Å². The van der Waals surface area contributed by atoms with Crippen molar-refractivity contribution >= 4 is 11.8 Å². The molecule has 0 saturated heterocycles. The van der Waals surface area contributed by atoms with Crippen molar-refractivity contribution in [3.63, 3.8) is 0 Å². The average molecular weight is 374 g/mol. The van der Waals surface area contributed by atoms with Crippen LogP contribution in [0, 0.1) is 5.82 Å². The number of carbonyl (C=O) groups is 2. The molecular weight excluding hydrogens is 351 g/mol. The third-order valence-corrected chi connectivity index (χ3v) is 3.76. The van der Waals surface area contributed by atoms with Gasteiger partial charge in [0.15, 0.2) is 0 Å². The summed E-state index contributed by atoms with van der Waals surface area (Å²) in [6.07, 6.45) is 0. The number of benzene rings is 2. The van der Waals surface area contributed by atoms with Crippen LogP contribution in [-0.4, -0.2) is 50.1 Å².